The lowest BCUT2D eigenvalue weighted by Crippen LogP contribution is -2.44. The lowest BCUT2D eigenvalue weighted by molar-refractivity contribution is -0.127. The third kappa shape index (κ3) is 10.8. The van der Waals surface area contributed by atoms with Gasteiger partial charge in [0.15, 0.2) is 0 Å². The SMILES string of the molecule is CC(C)C[C@H](NC(=O)CCC1CCCCC1)C(=O)Nc1ccoc1CSCC(=O)CCc1ccccc1. The Morgan fingerprint density at radius 2 is 1.78 bits per heavy atom. The van der Waals surface area contributed by atoms with Crippen LogP contribution in [0.5, 0.6) is 0 Å². The Balaban J connectivity index is 1.44. The highest BCUT2D eigenvalue weighted by Crippen LogP contribution is 2.27. The number of carbonyl (C=O) groups is 3. The summed E-state index contributed by atoms with van der Waals surface area (Å²) in [6.45, 7) is 4.09. The fourth-order valence-electron chi connectivity index (χ4n) is 4.82. The number of furan rings is 1. The minimum absolute atomic E-state index is 0.0524. The van der Waals surface area contributed by atoms with E-state index in [1.165, 1.54) is 43.9 Å². The van der Waals surface area contributed by atoms with Crippen LogP contribution in [0.4, 0.5) is 5.69 Å². The number of anilines is 1. The Hall–Kier alpha value is -2.54. The molecular formula is C30H42N2O4S. The Kier molecular flexibility index (Phi) is 12.3. The Morgan fingerprint density at radius 3 is 2.51 bits per heavy atom. The Bertz CT molecular complexity index is 982. The van der Waals surface area contributed by atoms with E-state index in [0.29, 0.717) is 48.1 Å². The van der Waals surface area contributed by atoms with Gasteiger partial charge in [-0.1, -0.05) is 76.3 Å². The summed E-state index contributed by atoms with van der Waals surface area (Å²) in [6, 6.07) is 11.1. The maximum absolute atomic E-state index is 13.1. The van der Waals surface area contributed by atoms with E-state index in [4.69, 9.17) is 4.42 Å². The molecule has 7 heteroatoms. The van der Waals surface area contributed by atoms with Crippen LogP contribution in [0.1, 0.15) is 83.0 Å². The van der Waals surface area contributed by atoms with Gasteiger partial charge in [-0.05, 0) is 36.7 Å². The number of aryl methyl sites for hydroxylation is 1. The van der Waals surface area contributed by atoms with E-state index in [-0.39, 0.29) is 23.5 Å². The third-order valence-corrected chi connectivity index (χ3v) is 7.89. The van der Waals surface area contributed by atoms with E-state index < -0.39 is 6.04 Å². The van der Waals surface area contributed by atoms with E-state index >= 15 is 0 Å². The zero-order chi connectivity index (χ0) is 26.5. The fourth-order valence-corrected chi connectivity index (χ4v) is 5.71. The van der Waals surface area contributed by atoms with Crippen molar-refractivity contribution in [1.29, 1.82) is 0 Å². The minimum atomic E-state index is -0.589. The van der Waals surface area contributed by atoms with Crippen molar-refractivity contribution in [2.45, 2.75) is 89.9 Å². The van der Waals surface area contributed by atoms with Crippen molar-refractivity contribution in [2.75, 3.05) is 11.1 Å². The number of thioether (sulfide) groups is 1. The second kappa shape index (κ2) is 15.7. The first-order valence-electron chi connectivity index (χ1n) is 13.7. The molecule has 1 heterocycles. The highest BCUT2D eigenvalue weighted by molar-refractivity contribution is 7.99. The van der Waals surface area contributed by atoms with Crippen molar-refractivity contribution >= 4 is 35.0 Å². The summed E-state index contributed by atoms with van der Waals surface area (Å²) in [5.74, 6) is 2.31. The fraction of sp³-hybridized carbons (Fsp3) is 0.567. The molecule has 2 N–H and O–H groups in total. The summed E-state index contributed by atoms with van der Waals surface area (Å²) in [5, 5.41) is 5.92. The van der Waals surface area contributed by atoms with Gasteiger partial charge in [0.1, 0.15) is 17.6 Å². The molecule has 1 aliphatic rings. The van der Waals surface area contributed by atoms with Gasteiger partial charge in [-0.3, -0.25) is 14.4 Å². The molecule has 0 bridgehead atoms. The maximum atomic E-state index is 13.1. The van der Waals surface area contributed by atoms with Crippen LogP contribution < -0.4 is 10.6 Å². The molecule has 1 aliphatic carbocycles. The summed E-state index contributed by atoms with van der Waals surface area (Å²) in [5.41, 5.74) is 1.76. The van der Waals surface area contributed by atoms with Crippen molar-refractivity contribution in [3.8, 4) is 0 Å². The van der Waals surface area contributed by atoms with E-state index in [9.17, 15) is 14.4 Å². The normalized spacial score (nSPS) is 14.9. The number of amides is 2. The summed E-state index contributed by atoms with van der Waals surface area (Å²) in [7, 11) is 0. The van der Waals surface area contributed by atoms with E-state index in [2.05, 4.69) is 10.6 Å². The third-order valence-electron chi connectivity index (χ3n) is 6.90. The lowest BCUT2D eigenvalue weighted by Gasteiger charge is -2.23. The number of rotatable bonds is 15. The standard InChI is InChI=1S/C30H42N2O4S/c1-22(2)19-27(31-29(34)16-14-24-11-7-4-8-12-24)30(35)32-26-17-18-36-28(26)21-37-20-25(33)15-13-23-9-5-3-6-10-23/h3,5-6,9-10,17-18,22,24,27H,4,7-8,11-16,19-21H2,1-2H3,(H,31,34)(H,32,35)/t27-/m0/s1. The van der Waals surface area contributed by atoms with Crippen molar-refractivity contribution in [3.63, 3.8) is 0 Å². The first-order chi connectivity index (χ1) is 17.9. The molecule has 37 heavy (non-hydrogen) atoms. The van der Waals surface area contributed by atoms with Crippen LogP contribution in [0.2, 0.25) is 0 Å². The van der Waals surface area contributed by atoms with Crippen molar-refractivity contribution in [2.24, 2.45) is 11.8 Å². The smallest absolute Gasteiger partial charge is 0.247 e. The summed E-state index contributed by atoms with van der Waals surface area (Å²) < 4.78 is 5.59. The van der Waals surface area contributed by atoms with Crippen LogP contribution in [0, 0.1) is 11.8 Å². The first kappa shape index (κ1) is 29.0. The monoisotopic (exact) mass is 526 g/mol. The average molecular weight is 527 g/mol. The van der Waals surface area contributed by atoms with Crippen LogP contribution in [0.3, 0.4) is 0 Å². The van der Waals surface area contributed by atoms with E-state index in [0.717, 1.165) is 18.4 Å². The van der Waals surface area contributed by atoms with Crippen LogP contribution in [0.15, 0.2) is 47.1 Å². The number of Topliss-reactive ketones (excluding diaryl/α,β-unsaturated/α-hetero) is 1. The predicted octanol–water partition coefficient (Wildman–Crippen LogP) is 6.54. The Morgan fingerprint density at radius 1 is 1.03 bits per heavy atom. The van der Waals surface area contributed by atoms with Gasteiger partial charge in [-0.2, -0.15) is 0 Å². The topological polar surface area (TPSA) is 88.4 Å². The van der Waals surface area contributed by atoms with Gasteiger partial charge in [-0.25, -0.2) is 0 Å². The summed E-state index contributed by atoms with van der Waals surface area (Å²) in [6.07, 6.45) is 11.0. The molecule has 0 saturated heterocycles. The number of hydrogen-bond acceptors (Lipinski definition) is 5. The van der Waals surface area contributed by atoms with Gasteiger partial charge in [-0.15, -0.1) is 11.8 Å². The number of benzene rings is 1. The molecular weight excluding hydrogens is 484 g/mol. The van der Waals surface area contributed by atoms with Gasteiger partial charge in [0, 0.05) is 18.9 Å². The molecule has 0 aliphatic heterocycles. The lowest BCUT2D eigenvalue weighted by atomic mass is 9.86. The van der Waals surface area contributed by atoms with Crippen molar-refractivity contribution in [1.82, 2.24) is 5.32 Å². The van der Waals surface area contributed by atoms with Gasteiger partial charge < -0.3 is 15.1 Å². The molecule has 0 unspecified atom stereocenters. The van der Waals surface area contributed by atoms with E-state index in [1.807, 2.05) is 44.2 Å². The largest absolute Gasteiger partial charge is 0.466 e. The van der Waals surface area contributed by atoms with Gasteiger partial charge in [0.2, 0.25) is 11.8 Å². The molecule has 2 amide bonds. The molecule has 1 atom stereocenters. The van der Waals surface area contributed by atoms with Crippen molar-refractivity contribution in [3.05, 3.63) is 54.0 Å². The van der Waals surface area contributed by atoms with Crippen LogP contribution >= 0.6 is 11.8 Å². The van der Waals surface area contributed by atoms with Gasteiger partial charge in [0.25, 0.3) is 0 Å². The van der Waals surface area contributed by atoms with Crippen molar-refractivity contribution < 1.29 is 18.8 Å². The van der Waals surface area contributed by atoms with Gasteiger partial charge in [0.05, 0.1) is 23.5 Å². The molecule has 1 aromatic carbocycles. The van der Waals surface area contributed by atoms with Crippen LogP contribution in [0.25, 0.3) is 0 Å². The predicted molar refractivity (Wildman–Crippen MR) is 150 cm³/mol. The highest BCUT2D eigenvalue weighted by Gasteiger charge is 2.24. The summed E-state index contributed by atoms with van der Waals surface area (Å²) >= 11 is 1.48. The number of ketones is 1. The molecule has 1 aromatic heterocycles. The number of nitrogens with one attached hydrogen (secondary N) is 2. The highest BCUT2D eigenvalue weighted by atomic mass is 32.2. The van der Waals surface area contributed by atoms with Gasteiger partial charge >= 0.3 is 0 Å². The Labute approximate surface area is 225 Å². The molecule has 0 spiro atoms. The molecule has 0 radical (unpaired) electrons. The maximum Gasteiger partial charge on any atom is 0.247 e. The van der Waals surface area contributed by atoms with Crippen LogP contribution in [-0.4, -0.2) is 29.4 Å². The minimum Gasteiger partial charge on any atom is -0.466 e. The molecule has 2 aromatic rings. The molecule has 202 valence electrons. The average Bonchev–Trinajstić information content (AvgIpc) is 3.33. The van der Waals surface area contributed by atoms with Crippen LogP contribution in [-0.2, 0) is 26.6 Å². The van der Waals surface area contributed by atoms with E-state index in [1.54, 1.807) is 12.3 Å². The zero-order valence-corrected chi connectivity index (χ0v) is 23.1. The second-order valence-corrected chi connectivity index (χ2v) is 11.5. The first-order valence-corrected chi connectivity index (χ1v) is 14.9. The second-order valence-electron chi connectivity index (χ2n) is 10.6. The molecule has 6 nitrogen and oxygen atoms in total. The number of hydrogen-bond donors (Lipinski definition) is 2. The molecule has 3 rings (SSSR count). The summed E-state index contributed by atoms with van der Waals surface area (Å²) in [4.78, 5) is 38.1. The number of carbonyl (C=O) groups excluding carboxylic acids is 3. The molecule has 1 saturated carbocycles. The molecule has 1 fully saturated rings. The quantitative estimate of drug-likeness (QED) is 0.275. The zero-order valence-electron chi connectivity index (χ0n) is 22.3.